The molecular formula is C33H38N4O5. The predicted molar refractivity (Wildman–Crippen MR) is 163 cm³/mol. The summed E-state index contributed by atoms with van der Waals surface area (Å²) in [5.41, 5.74) is 2.61. The zero-order chi connectivity index (χ0) is 29.5. The van der Waals surface area contributed by atoms with E-state index >= 15 is 0 Å². The summed E-state index contributed by atoms with van der Waals surface area (Å²) in [6.07, 6.45) is 8.50. The molecule has 2 aromatic heterocycles. The molecule has 42 heavy (non-hydrogen) atoms. The fourth-order valence-electron chi connectivity index (χ4n) is 5.23. The van der Waals surface area contributed by atoms with Crippen LogP contribution in [0.1, 0.15) is 45.6 Å². The molecule has 0 aliphatic carbocycles. The fourth-order valence-corrected chi connectivity index (χ4v) is 5.23. The predicted octanol–water partition coefficient (Wildman–Crippen LogP) is 6.83. The standard InChI is InChI=1S/C33H38N4O5/c1-5-18-40-29-21-34-20-26-31(35-37(32(26)29)24-10-9-17-36(22-24)30(38)7-3)23-13-15-25(16-14-23)42-28-12-8-11-27(39-4)33(28)41-19-6-2/h7-8,11-16,20-21,24H,3,5-6,9-10,17-19,22H2,1-2,4H3. The summed E-state index contributed by atoms with van der Waals surface area (Å²) in [6, 6.07) is 13.4. The molecule has 0 spiro atoms. The molecule has 1 aliphatic heterocycles. The number of fused-ring (bicyclic) bond motifs is 1. The van der Waals surface area contributed by atoms with Gasteiger partial charge in [0, 0.05) is 24.8 Å². The number of carbonyl (C=O) groups is 1. The summed E-state index contributed by atoms with van der Waals surface area (Å²) in [6.45, 7) is 10.2. The molecule has 2 aromatic carbocycles. The molecule has 0 bridgehead atoms. The highest BCUT2D eigenvalue weighted by atomic mass is 16.5. The maximum absolute atomic E-state index is 12.4. The first-order valence-electron chi connectivity index (χ1n) is 14.6. The molecule has 1 aliphatic rings. The third-order valence-corrected chi connectivity index (χ3v) is 7.24. The van der Waals surface area contributed by atoms with E-state index in [-0.39, 0.29) is 11.9 Å². The zero-order valence-electron chi connectivity index (χ0n) is 24.5. The van der Waals surface area contributed by atoms with Crippen molar-refractivity contribution in [2.24, 2.45) is 0 Å². The van der Waals surface area contributed by atoms with Crippen molar-refractivity contribution in [2.75, 3.05) is 33.4 Å². The van der Waals surface area contributed by atoms with Gasteiger partial charge in [0.15, 0.2) is 17.2 Å². The first kappa shape index (κ1) is 29.0. The topological polar surface area (TPSA) is 87.9 Å². The minimum absolute atomic E-state index is 0.00230. The van der Waals surface area contributed by atoms with Crippen molar-refractivity contribution in [1.82, 2.24) is 19.7 Å². The van der Waals surface area contributed by atoms with Crippen molar-refractivity contribution < 1.29 is 23.7 Å². The van der Waals surface area contributed by atoms with Gasteiger partial charge in [-0.2, -0.15) is 5.10 Å². The van der Waals surface area contributed by atoms with Gasteiger partial charge < -0.3 is 23.8 Å². The largest absolute Gasteiger partial charge is 0.493 e. The number of aromatic nitrogens is 3. The van der Waals surface area contributed by atoms with Gasteiger partial charge in [-0.25, -0.2) is 0 Å². The van der Waals surface area contributed by atoms with Gasteiger partial charge in [0.25, 0.3) is 0 Å². The average Bonchev–Trinajstić information content (AvgIpc) is 3.43. The zero-order valence-corrected chi connectivity index (χ0v) is 24.5. The number of rotatable bonds is 12. The van der Waals surface area contributed by atoms with Gasteiger partial charge in [0.2, 0.25) is 11.7 Å². The Bertz CT molecular complexity index is 1530. The van der Waals surface area contributed by atoms with Gasteiger partial charge in [-0.1, -0.05) is 26.5 Å². The van der Waals surface area contributed by atoms with Gasteiger partial charge >= 0.3 is 0 Å². The smallest absolute Gasteiger partial charge is 0.246 e. The lowest BCUT2D eigenvalue weighted by Crippen LogP contribution is -2.40. The first-order valence-corrected chi connectivity index (χ1v) is 14.6. The van der Waals surface area contributed by atoms with E-state index in [4.69, 9.17) is 24.0 Å². The Hall–Kier alpha value is -4.53. The van der Waals surface area contributed by atoms with Crippen LogP contribution in [0.15, 0.2) is 67.5 Å². The van der Waals surface area contributed by atoms with E-state index in [0.29, 0.717) is 55.1 Å². The Morgan fingerprint density at radius 2 is 1.79 bits per heavy atom. The maximum atomic E-state index is 12.4. The van der Waals surface area contributed by atoms with E-state index in [2.05, 4.69) is 25.4 Å². The first-order chi connectivity index (χ1) is 20.6. The number of pyridine rings is 1. The number of amides is 1. The third kappa shape index (κ3) is 6.05. The number of ether oxygens (including phenoxy) is 4. The molecule has 0 radical (unpaired) electrons. The molecule has 1 unspecified atom stereocenters. The molecule has 0 saturated carbocycles. The molecule has 1 fully saturated rings. The highest BCUT2D eigenvalue weighted by Gasteiger charge is 2.28. The van der Waals surface area contributed by atoms with Crippen LogP contribution in [0.4, 0.5) is 0 Å². The highest BCUT2D eigenvalue weighted by molar-refractivity contribution is 5.96. The third-order valence-electron chi connectivity index (χ3n) is 7.24. The average molecular weight is 571 g/mol. The second-order valence-electron chi connectivity index (χ2n) is 10.2. The van der Waals surface area contributed by atoms with Gasteiger partial charge in [-0.05, 0) is 68.2 Å². The van der Waals surface area contributed by atoms with Gasteiger partial charge in [-0.15, -0.1) is 0 Å². The number of likely N-dealkylation sites (tertiary alicyclic amines) is 1. The number of hydrogen-bond acceptors (Lipinski definition) is 7. The van der Waals surface area contributed by atoms with E-state index in [1.807, 2.05) is 58.2 Å². The SMILES string of the molecule is C=CC(=O)N1CCCC(n2nc(-c3ccc(Oc4cccc(OC)c4OCCC)cc3)c3cncc(OCCC)c32)C1. The molecule has 4 aromatic rings. The van der Waals surface area contributed by atoms with Crippen LogP contribution in [-0.2, 0) is 4.79 Å². The Labute approximate surface area is 246 Å². The number of piperidine rings is 1. The van der Waals surface area contributed by atoms with Crippen LogP contribution in [0, 0.1) is 0 Å². The number of hydrogen-bond donors (Lipinski definition) is 0. The summed E-state index contributed by atoms with van der Waals surface area (Å²) in [5.74, 6) is 3.08. The molecule has 5 rings (SSSR count). The molecule has 1 saturated heterocycles. The number of methoxy groups -OCH3 is 1. The fraction of sp³-hybridized carbons (Fsp3) is 0.364. The van der Waals surface area contributed by atoms with Crippen molar-refractivity contribution in [2.45, 2.75) is 45.6 Å². The van der Waals surface area contributed by atoms with Crippen LogP contribution >= 0.6 is 0 Å². The second-order valence-corrected chi connectivity index (χ2v) is 10.2. The van der Waals surface area contributed by atoms with E-state index in [1.54, 1.807) is 13.3 Å². The Morgan fingerprint density at radius 1 is 1.02 bits per heavy atom. The monoisotopic (exact) mass is 570 g/mol. The molecule has 3 heterocycles. The highest BCUT2D eigenvalue weighted by Crippen LogP contribution is 2.41. The molecular weight excluding hydrogens is 532 g/mol. The molecule has 9 heteroatoms. The van der Waals surface area contributed by atoms with Crippen molar-refractivity contribution >= 4 is 16.8 Å². The van der Waals surface area contributed by atoms with Crippen LogP contribution in [0.2, 0.25) is 0 Å². The summed E-state index contributed by atoms with van der Waals surface area (Å²) < 4.78 is 25.8. The summed E-state index contributed by atoms with van der Waals surface area (Å²) in [4.78, 5) is 18.8. The maximum Gasteiger partial charge on any atom is 0.246 e. The normalized spacial score (nSPS) is 14.9. The molecule has 9 nitrogen and oxygen atoms in total. The van der Waals surface area contributed by atoms with Crippen molar-refractivity contribution in [3.63, 3.8) is 0 Å². The van der Waals surface area contributed by atoms with Gasteiger partial charge in [0.1, 0.15) is 17.0 Å². The Balaban J connectivity index is 1.49. The van der Waals surface area contributed by atoms with E-state index in [1.165, 1.54) is 6.08 Å². The van der Waals surface area contributed by atoms with Crippen LogP contribution in [0.3, 0.4) is 0 Å². The van der Waals surface area contributed by atoms with Crippen LogP contribution < -0.4 is 18.9 Å². The minimum atomic E-state index is -0.0598. The number of carbonyl (C=O) groups excluding carboxylic acids is 1. The summed E-state index contributed by atoms with van der Waals surface area (Å²) in [7, 11) is 1.62. The number of nitrogens with zero attached hydrogens (tertiary/aromatic N) is 4. The molecule has 1 atom stereocenters. The summed E-state index contributed by atoms with van der Waals surface area (Å²) in [5, 5.41) is 6.01. The molecule has 220 valence electrons. The van der Waals surface area contributed by atoms with E-state index in [9.17, 15) is 4.79 Å². The lowest BCUT2D eigenvalue weighted by molar-refractivity contribution is -0.127. The summed E-state index contributed by atoms with van der Waals surface area (Å²) >= 11 is 0. The number of benzene rings is 2. The second kappa shape index (κ2) is 13.4. The van der Waals surface area contributed by atoms with Gasteiger partial charge in [0.05, 0.1) is 37.9 Å². The van der Waals surface area contributed by atoms with E-state index in [0.717, 1.165) is 47.8 Å². The molecule has 0 N–H and O–H groups in total. The van der Waals surface area contributed by atoms with Crippen molar-refractivity contribution in [3.05, 3.63) is 67.5 Å². The Morgan fingerprint density at radius 3 is 2.52 bits per heavy atom. The Kier molecular flexibility index (Phi) is 9.26. The van der Waals surface area contributed by atoms with Crippen LogP contribution in [0.25, 0.3) is 22.2 Å². The van der Waals surface area contributed by atoms with Crippen LogP contribution in [0.5, 0.6) is 28.7 Å². The van der Waals surface area contributed by atoms with Crippen molar-refractivity contribution in [3.8, 4) is 40.0 Å². The lowest BCUT2D eigenvalue weighted by Gasteiger charge is -2.32. The number of para-hydroxylation sites is 1. The minimum Gasteiger partial charge on any atom is -0.493 e. The van der Waals surface area contributed by atoms with Gasteiger partial charge in [-0.3, -0.25) is 14.5 Å². The quantitative estimate of drug-likeness (QED) is 0.173. The molecule has 1 amide bonds. The van der Waals surface area contributed by atoms with Crippen molar-refractivity contribution in [1.29, 1.82) is 0 Å². The van der Waals surface area contributed by atoms with E-state index < -0.39 is 0 Å². The lowest BCUT2D eigenvalue weighted by atomic mass is 10.1. The van der Waals surface area contributed by atoms with Crippen LogP contribution in [-0.4, -0.2) is 59.0 Å².